The van der Waals surface area contributed by atoms with Gasteiger partial charge in [0.2, 0.25) is 0 Å². The van der Waals surface area contributed by atoms with Crippen LogP contribution in [0, 0.1) is 0 Å². The highest BCUT2D eigenvalue weighted by atomic mass is 16.3. The molecule has 2 heteroatoms. The van der Waals surface area contributed by atoms with E-state index in [-0.39, 0.29) is 5.41 Å². The largest absolute Gasteiger partial charge is 0.453 e. The summed E-state index contributed by atoms with van der Waals surface area (Å²) >= 11 is 0. The van der Waals surface area contributed by atoms with Gasteiger partial charge in [0.15, 0.2) is 5.58 Å². The molecule has 0 fully saturated rings. The van der Waals surface area contributed by atoms with Gasteiger partial charge >= 0.3 is 0 Å². The molecule has 0 aliphatic heterocycles. The van der Waals surface area contributed by atoms with Gasteiger partial charge in [0.25, 0.3) is 0 Å². The molecular formula is C55H43NO. The number of hydrogen-bond acceptors (Lipinski definition) is 2. The van der Waals surface area contributed by atoms with Crippen LogP contribution in [0.3, 0.4) is 0 Å². The highest BCUT2D eigenvalue weighted by Gasteiger charge is 2.43. The number of rotatable bonds is 6. The van der Waals surface area contributed by atoms with Gasteiger partial charge in [-0.25, -0.2) is 0 Å². The van der Waals surface area contributed by atoms with Crippen molar-refractivity contribution in [1.29, 1.82) is 0 Å². The maximum Gasteiger partial charge on any atom is 0.159 e. The van der Waals surface area contributed by atoms with Crippen LogP contribution in [0.15, 0.2) is 192 Å². The van der Waals surface area contributed by atoms with E-state index in [4.69, 9.17) is 4.42 Å². The Kier molecular flexibility index (Phi) is 7.83. The third-order valence-corrected chi connectivity index (χ3v) is 12.7. The van der Waals surface area contributed by atoms with Crippen molar-refractivity contribution >= 4 is 60.9 Å². The van der Waals surface area contributed by atoms with E-state index in [0.29, 0.717) is 5.92 Å². The van der Waals surface area contributed by atoms with Crippen molar-refractivity contribution in [3.63, 3.8) is 0 Å². The lowest BCUT2D eigenvalue weighted by atomic mass is 9.74. The Bertz CT molecular complexity index is 2990. The minimum absolute atomic E-state index is 0.159. The number of hydrogen-bond donors (Lipinski definition) is 0. The molecule has 8 aromatic rings. The van der Waals surface area contributed by atoms with Crippen LogP contribution in [0.4, 0.5) is 17.1 Å². The average molecular weight is 734 g/mol. The maximum atomic E-state index is 7.42. The molecule has 0 N–H and O–H groups in total. The second-order valence-corrected chi connectivity index (χ2v) is 16.3. The summed E-state index contributed by atoms with van der Waals surface area (Å²) in [5, 5.41) is 4.88. The zero-order valence-electron chi connectivity index (χ0n) is 32.4. The van der Waals surface area contributed by atoms with Crippen LogP contribution >= 0.6 is 0 Å². The van der Waals surface area contributed by atoms with Crippen LogP contribution in [-0.4, -0.2) is 0 Å². The van der Waals surface area contributed by atoms with Crippen molar-refractivity contribution in [2.24, 2.45) is 0 Å². The van der Waals surface area contributed by atoms with Crippen LogP contribution in [-0.2, 0) is 5.41 Å². The van der Waals surface area contributed by atoms with Crippen LogP contribution < -0.4 is 4.90 Å². The van der Waals surface area contributed by atoms with Gasteiger partial charge in [-0.05, 0) is 99.3 Å². The molecule has 2 nitrogen and oxygen atoms in total. The Morgan fingerprint density at radius 2 is 1.30 bits per heavy atom. The third kappa shape index (κ3) is 5.39. The van der Waals surface area contributed by atoms with Gasteiger partial charge < -0.3 is 9.32 Å². The van der Waals surface area contributed by atoms with E-state index in [1.807, 2.05) is 0 Å². The summed E-state index contributed by atoms with van der Waals surface area (Å²) in [6.45, 7) is 4.85. The van der Waals surface area contributed by atoms with Gasteiger partial charge in [-0.15, -0.1) is 0 Å². The zero-order chi connectivity index (χ0) is 38.1. The summed E-state index contributed by atoms with van der Waals surface area (Å²) in [6.07, 6.45) is 14.9. The standard InChI is InChI=1S/C55H43NO/c1-55(2)48-35-41(38-20-10-5-11-21-38)30-33-46(48)51-52(55)45-25-13-12-24-44(45)50-47-26-15-27-49(53(47)57-54(50)51)56(42-31-28-39(29-32-42)36-16-6-3-7-17-36)43-23-14-22-40(34-43)37-18-8-4-9-19-37/h3,5-8,10-34,41H,4,9,35H2,1-2H3. The van der Waals surface area contributed by atoms with Crippen molar-refractivity contribution in [2.75, 3.05) is 4.90 Å². The van der Waals surface area contributed by atoms with Gasteiger partial charge in [-0.3, -0.25) is 0 Å². The number of furan rings is 1. The fourth-order valence-corrected chi connectivity index (χ4v) is 9.93. The Hall–Kier alpha value is -6.64. The highest BCUT2D eigenvalue weighted by molar-refractivity contribution is 6.25. The molecule has 0 radical (unpaired) electrons. The molecule has 1 atom stereocenters. The van der Waals surface area contributed by atoms with Crippen LogP contribution in [0.5, 0.6) is 0 Å². The molecule has 7 aromatic carbocycles. The SMILES string of the molecule is CC1(C)C2=C(C=CC(c3ccccc3)C2)c2c1c1ccccc1c1c2oc2c(N(c3ccc(-c4ccccc4)cc3)c3cccc(C4=CCCC=C4)c3)cccc21. The predicted octanol–water partition coefficient (Wildman–Crippen LogP) is 15.4. The van der Waals surface area contributed by atoms with Crippen molar-refractivity contribution in [3.05, 3.63) is 210 Å². The van der Waals surface area contributed by atoms with E-state index < -0.39 is 0 Å². The van der Waals surface area contributed by atoms with E-state index >= 15 is 0 Å². The Labute approximate surface area is 334 Å². The van der Waals surface area contributed by atoms with E-state index in [1.54, 1.807) is 0 Å². The topological polar surface area (TPSA) is 16.4 Å². The van der Waals surface area contributed by atoms with E-state index in [9.17, 15) is 0 Å². The monoisotopic (exact) mass is 733 g/mol. The summed E-state index contributed by atoms with van der Waals surface area (Å²) < 4.78 is 7.42. The van der Waals surface area contributed by atoms with Gasteiger partial charge in [0, 0.05) is 39.0 Å². The van der Waals surface area contributed by atoms with E-state index in [2.05, 4.69) is 201 Å². The quantitative estimate of drug-likeness (QED) is 0.169. The van der Waals surface area contributed by atoms with Gasteiger partial charge in [0.1, 0.15) is 5.58 Å². The molecule has 1 unspecified atom stereocenters. The number of para-hydroxylation sites is 1. The minimum atomic E-state index is -0.159. The molecule has 274 valence electrons. The Morgan fingerprint density at radius 3 is 2.09 bits per heavy atom. The summed E-state index contributed by atoms with van der Waals surface area (Å²) in [7, 11) is 0. The van der Waals surface area contributed by atoms with E-state index in [0.717, 1.165) is 52.9 Å². The molecule has 57 heavy (non-hydrogen) atoms. The summed E-state index contributed by atoms with van der Waals surface area (Å²) in [6, 6.07) is 55.2. The van der Waals surface area contributed by atoms with Crippen LogP contribution in [0.1, 0.15) is 61.3 Å². The molecule has 11 rings (SSSR count). The number of fused-ring (bicyclic) bond motifs is 9. The fourth-order valence-electron chi connectivity index (χ4n) is 9.93. The lowest BCUT2D eigenvalue weighted by Crippen LogP contribution is -2.20. The summed E-state index contributed by atoms with van der Waals surface area (Å²) in [4.78, 5) is 2.39. The van der Waals surface area contributed by atoms with Crippen molar-refractivity contribution in [3.8, 4) is 11.1 Å². The first kappa shape index (κ1) is 33.7. The predicted molar refractivity (Wildman–Crippen MR) is 241 cm³/mol. The molecule has 0 spiro atoms. The maximum absolute atomic E-state index is 7.42. The van der Waals surface area contributed by atoms with Gasteiger partial charge in [0.05, 0.1) is 5.69 Å². The second kappa shape index (κ2) is 13.2. The Morgan fingerprint density at radius 1 is 0.596 bits per heavy atom. The Balaban J connectivity index is 1.14. The van der Waals surface area contributed by atoms with Gasteiger partial charge in [-0.2, -0.15) is 0 Å². The van der Waals surface area contributed by atoms with Crippen molar-refractivity contribution in [2.45, 2.75) is 44.4 Å². The number of anilines is 3. The molecular weight excluding hydrogens is 691 g/mol. The average Bonchev–Trinajstić information content (AvgIpc) is 3.78. The highest BCUT2D eigenvalue weighted by Crippen LogP contribution is 2.58. The molecule has 1 aromatic heterocycles. The molecule has 0 saturated heterocycles. The normalized spacial score (nSPS) is 16.9. The van der Waals surface area contributed by atoms with Gasteiger partial charge in [-0.1, -0.05) is 171 Å². The molecule has 0 amide bonds. The van der Waals surface area contributed by atoms with Crippen molar-refractivity contribution < 1.29 is 4.42 Å². The smallest absolute Gasteiger partial charge is 0.159 e. The fraction of sp³-hybridized carbons (Fsp3) is 0.127. The number of benzene rings is 7. The molecule has 3 aliphatic carbocycles. The third-order valence-electron chi connectivity index (χ3n) is 12.7. The van der Waals surface area contributed by atoms with Crippen molar-refractivity contribution in [1.82, 2.24) is 0 Å². The lowest BCUT2D eigenvalue weighted by Gasteiger charge is -2.29. The summed E-state index contributed by atoms with van der Waals surface area (Å²) in [5.74, 6) is 0.347. The van der Waals surface area contributed by atoms with E-state index in [1.165, 1.54) is 66.3 Å². The second-order valence-electron chi connectivity index (χ2n) is 16.3. The first-order valence-corrected chi connectivity index (χ1v) is 20.3. The number of nitrogens with zero attached hydrogens (tertiary/aromatic N) is 1. The lowest BCUT2D eigenvalue weighted by molar-refractivity contribution is 0.594. The molecule has 0 bridgehead atoms. The number of allylic oxidation sites excluding steroid dienone is 8. The van der Waals surface area contributed by atoms with Crippen LogP contribution in [0.25, 0.3) is 55.0 Å². The molecule has 3 aliphatic rings. The first-order chi connectivity index (χ1) is 28.0. The minimum Gasteiger partial charge on any atom is -0.453 e. The molecule has 0 saturated carbocycles. The molecule has 1 heterocycles. The summed E-state index contributed by atoms with van der Waals surface area (Å²) in [5.41, 5.74) is 16.6. The zero-order valence-corrected chi connectivity index (χ0v) is 32.4. The first-order valence-electron chi connectivity index (χ1n) is 20.3. The van der Waals surface area contributed by atoms with Crippen LogP contribution in [0.2, 0.25) is 0 Å².